The van der Waals surface area contributed by atoms with Crippen LogP contribution in [0.3, 0.4) is 0 Å². The highest BCUT2D eigenvalue weighted by Crippen LogP contribution is 2.17. The number of hydrogen-bond donors (Lipinski definition) is 0. The molecule has 1 aliphatic heterocycles. The summed E-state index contributed by atoms with van der Waals surface area (Å²) in [5, 5.41) is 0. The van der Waals surface area contributed by atoms with Gasteiger partial charge in [0, 0.05) is 44.4 Å². The van der Waals surface area contributed by atoms with Crippen molar-refractivity contribution >= 4 is 0 Å². The van der Waals surface area contributed by atoms with Crippen LogP contribution in [0.4, 0.5) is 0 Å². The first-order valence-corrected chi connectivity index (χ1v) is 8.67. The van der Waals surface area contributed by atoms with Crippen molar-refractivity contribution < 1.29 is 4.42 Å². The summed E-state index contributed by atoms with van der Waals surface area (Å²) in [6.45, 7) is 6.41. The van der Waals surface area contributed by atoms with E-state index in [1.807, 2.05) is 37.7 Å². The molecule has 0 aromatic carbocycles. The SMILES string of the molecule is Cc1ccc(CN2CCc3ccc(=O)n(CCN(C)C)c3CC2)o1. The van der Waals surface area contributed by atoms with E-state index in [0.29, 0.717) is 0 Å². The molecule has 5 heteroatoms. The molecule has 0 radical (unpaired) electrons. The van der Waals surface area contributed by atoms with E-state index >= 15 is 0 Å². The first kappa shape index (κ1) is 17.0. The van der Waals surface area contributed by atoms with E-state index in [2.05, 4.69) is 15.9 Å². The van der Waals surface area contributed by atoms with Crippen LogP contribution in [-0.4, -0.2) is 48.1 Å². The van der Waals surface area contributed by atoms with Crippen LogP contribution in [0.15, 0.2) is 33.5 Å². The largest absolute Gasteiger partial charge is 0.465 e. The lowest BCUT2D eigenvalue weighted by Crippen LogP contribution is -2.30. The van der Waals surface area contributed by atoms with Crippen LogP contribution in [0.25, 0.3) is 0 Å². The predicted molar refractivity (Wildman–Crippen MR) is 95.4 cm³/mol. The molecule has 0 amide bonds. The van der Waals surface area contributed by atoms with E-state index in [4.69, 9.17) is 4.42 Å². The minimum atomic E-state index is 0.116. The van der Waals surface area contributed by atoms with Gasteiger partial charge in [0.25, 0.3) is 5.56 Å². The Hall–Kier alpha value is -1.85. The fourth-order valence-electron chi connectivity index (χ4n) is 3.34. The first-order chi connectivity index (χ1) is 11.5. The molecule has 1 aliphatic rings. The number of rotatable bonds is 5. The fraction of sp³-hybridized carbons (Fsp3) is 0.526. The molecule has 0 aliphatic carbocycles. The van der Waals surface area contributed by atoms with Crippen molar-refractivity contribution in [2.24, 2.45) is 0 Å². The molecule has 0 spiro atoms. The van der Waals surface area contributed by atoms with Gasteiger partial charge in [-0.3, -0.25) is 9.69 Å². The molecule has 0 saturated carbocycles. The maximum Gasteiger partial charge on any atom is 0.250 e. The summed E-state index contributed by atoms with van der Waals surface area (Å²) >= 11 is 0. The average Bonchev–Trinajstić information content (AvgIpc) is 2.83. The van der Waals surface area contributed by atoms with Gasteiger partial charge in [-0.1, -0.05) is 6.07 Å². The predicted octanol–water partition coefficient (Wildman–Crippen LogP) is 1.91. The number of furan rings is 1. The second kappa shape index (κ2) is 7.36. The van der Waals surface area contributed by atoms with Crippen LogP contribution in [0.2, 0.25) is 0 Å². The summed E-state index contributed by atoms with van der Waals surface area (Å²) in [5.74, 6) is 1.98. The topological polar surface area (TPSA) is 41.6 Å². The van der Waals surface area contributed by atoms with Crippen LogP contribution >= 0.6 is 0 Å². The Balaban J connectivity index is 1.75. The molecule has 0 fully saturated rings. The molecule has 2 aromatic heterocycles. The molecule has 3 rings (SSSR count). The Bertz CT molecular complexity index is 745. The molecule has 2 aromatic rings. The summed E-state index contributed by atoms with van der Waals surface area (Å²) in [6.07, 6.45) is 1.90. The molecular formula is C19H27N3O2. The third-order valence-corrected chi connectivity index (χ3v) is 4.70. The Labute approximate surface area is 143 Å². The number of aryl methyl sites for hydroxylation is 1. The van der Waals surface area contributed by atoms with Crippen molar-refractivity contribution in [2.45, 2.75) is 32.9 Å². The fourth-order valence-corrected chi connectivity index (χ4v) is 3.34. The molecule has 0 saturated heterocycles. The zero-order valence-corrected chi connectivity index (χ0v) is 14.9. The van der Waals surface area contributed by atoms with E-state index in [9.17, 15) is 4.79 Å². The van der Waals surface area contributed by atoms with Gasteiger partial charge in [0.2, 0.25) is 0 Å². The van der Waals surface area contributed by atoms with Gasteiger partial charge in [-0.25, -0.2) is 0 Å². The van der Waals surface area contributed by atoms with Crippen LogP contribution in [-0.2, 0) is 25.9 Å². The van der Waals surface area contributed by atoms with Crippen molar-refractivity contribution in [1.29, 1.82) is 0 Å². The molecule has 5 nitrogen and oxygen atoms in total. The van der Waals surface area contributed by atoms with E-state index in [1.165, 1.54) is 11.3 Å². The van der Waals surface area contributed by atoms with Crippen molar-refractivity contribution in [3.8, 4) is 0 Å². The number of likely N-dealkylation sites (N-methyl/N-ethyl adjacent to an activating group) is 1. The molecule has 24 heavy (non-hydrogen) atoms. The van der Waals surface area contributed by atoms with Crippen LogP contribution < -0.4 is 5.56 Å². The van der Waals surface area contributed by atoms with Crippen LogP contribution in [0, 0.1) is 6.92 Å². The van der Waals surface area contributed by atoms with Gasteiger partial charge in [0.1, 0.15) is 11.5 Å². The minimum Gasteiger partial charge on any atom is -0.465 e. The lowest BCUT2D eigenvalue weighted by Gasteiger charge is -2.18. The van der Waals surface area contributed by atoms with Crippen molar-refractivity contribution in [3.05, 3.63) is 57.4 Å². The smallest absolute Gasteiger partial charge is 0.250 e. The maximum atomic E-state index is 12.3. The average molecular weight is 329 g/mol. The van der Waals surface area contributed by atoms with E-state index in [1.54, 1.807) is 6.07 Å². The Kier molecular flexibility index (Phi) is 5.21. The Morgan fingerprint density at radius 3 is 2.62 bits per heavy atom. The number of aromatic nitrogens is 1. The van der Waals surface area contributed by atoms with Gasteiger partial charge in [-0.15, -0.1) is 0 Å². The molecule has 0 N–H and O–H groups in total. The number of nitrogens with zero attached hydrogens (tertiary/aromatic N) is 3. The number of fused-ring (bicyclic) bond motifs is 1. The summed E-state index contributed by atoms with van der Waals surface area (Å²) in [4.78, 5) is 16.8. The van der Waals surface area contributed by atoms with E-state index < -0.39 is 0 Å². The summed E-state index contributed by atoms with van der Waals surface area (Å²) in [7, 11) is 4.08. The summed E-state index contributed by atoms with van der Waals surface area (Å²) in [6, 6.07) is 7.81. The lowest BCUT2D eigenvalue weighted by atomic mass is 10.1. The molecule has 0 atom stereocenters. The van der Waals surface area contributed by atoms with Crippen molar-refractivity contribution in [1.82, 2.24) is 14.4 Å². The Morgan fingerprint density at radius 1 is 1.12 bits per heavy atom. The van der Waals surface area contributed by atoms with Gasteiger partial charge < -0.3 is 13.9 Å². The zero-order chi connectivity index (χ0) is 17.1. The Morgan fingerprint density at radius 2 is 1.92 bits per heavy atom. The number of pyridine rings is 1. The normalized spacial score (nSPS) is 15.5. The molecular weight excluding hydrogens is 302 g/mol. The summed E-state index contributed by atoms with van der Waals surface area (Å²) in [5.41, 5.74) is 2.64. The molecule has 0 unspecified atom stereocenters. The zero-order valence-electron chi connectivity index (χ0n) is 14.9. The second-order valence-corrected chi connectivity index (χ2v) is 6.89. The lowest BCUT2D eigenvalue weighted by molar-refractivity contribution is 0.252. The van der Waals surface area contributed by atoms with E-state index in [0.717, 1.165) is 57.1 Å². The molecule has 0 bridgehead atoms. The first-order valence-electron chi connectivity index (χ1n) is 8.67. The highest BCUT2D eigenvalue weighted by atomic mass is 16.3. The van der Waals surface area contributed by atoms with E-state index in [-0.39, 0.29) is 5.56 Å². The highest BCUT2D eigenvalue weighted by molar-refractivity contribution is 5.23. The van der Waals surface area contributed by atoms with Gasteiger partial charge >= 0.3 is 0 Å². The minimum absolute atomic E-state index is 0.116. The third kappa shape index (κ3) is 3.97. The quantitative estimate of drug-likeness (QED) is 0.840. The van der Waals surface area contributed by atoms with Crippen molar-refractivity contribution in [2.75, 3.05) is 33.7 Å². The summed E-state index contributed by atoms with van der Waals surface area (Å²) < 4.78 is 7.68. The van der Waals surface area contributed by atoms with Gasteiger partial charge in [0.15, 0.2) is 0 Å². The van der Waals surface area contributed by atoms with Gasteiger partial charge in [-0.05, 0) is 45.1 Å². The molecule has 130 valence electrons. The van der Waals surface area contributed by atoms with Crippen LogP contribution in [0.1, 0.15) is 22.8 Å². The maximum absolute atomic E-state index is 12.3. The third-order valence-electron chi connectivity index (χ3n) is 4.70. The molecule has 3 heterocycles. The second-order valence-electron chi connectivity index (χ2n) is 6.89. The highest BCUT2D eigenvalue weighted by Gasteiger charge is 2.18. The number of hydrogen-bond acceptors (Lipinski definition) is 4. The van der Waals surface area contributed by atoms with Gasteiger partial charge in [-0.2, -0.15) is 0 Å². The van der Waals surface area contributed by atoms with Crippen molar-refractivity contribution in [3.63, 3.8) is 0 Å². The van der Waals surface area contributed by atoms with Gasteiger partial charge in [0.05, 0.1) is 6.54 Å². The van der Waals surface area contributed by atoms with Crippen LogP contribution in [0.5, 0.6) is 0 Å². The standard InChI is InChI=1S/C19H27N3O2/c1-15-4-6-17(24-15)14-21-10-8-16-5-7-19(23)22(13-12-20(2)3)18(16)9-11-21/h4-7H,8-14H2,1-3H3. The monoisotopic (exact) mass is 329 g/mol.